The summed E-state index contributed by atoms with van der Waals surface area (Å²) in [6, 6.07) is 1.78. The molecule has 1 spiro atoms. The van der Waals surface area contributed by atoms with Gasteiger partial charge in [-0.25, -0.2) is 0 Å². The Balaban J connectivity index is 1.26. The minimum absolute atomic E-state index is 0.0169. The Labute approximate surface area is 177 Å². The maximum absolute atomic E-state index is 12.7. The van der Waals surface area contributed by atoms with Crippen LogP contribution in [-0.2, 0) is 25.5 Å². The van der Waals surface area contributed by atoms with Gasteiger partial charge >= 0.3 is 0 Å². The van der Waals surface area contributed by atoms with Crippen molar-refractivity contribution in [2.75, 3.05) is 52.6 Å². The first-order valence-electron chi connectivity index (χ1n) is 11.0. The number of carbonyl (C=O) groups is 2. The molecule has 3 fully saturated rings. The highest BCUT2D eigenvalue weighted by molar-refractivity contribution is 5.92. The van der Waals surface area contributed by atoms with E-state index in [2.05, 4.69) is 5.10 Å². The Morgan fingerprint density at radius 3 is 2.63 bits per heavy atom. The second kappa shape index (κ2) is 9.45. The number of hydrogen-bond acceptors (Lipinski definition) is 6. The third-order valence-electron chi connectivity index (χ3n) is 6.40. The lowest BCUT2D eigenvalue weighted by Gasteiger charge is -2.46. The van der Waals surface area contributed by atoms with Crippen LogP contribution in [0.5, 0.6) is 0 Å². The Bertz CT molecular complexity index is 738. The average molecular weight is 421 g/mol. The molecule has 3 saturated heterocycles. The lowest BCUT2D eigenvalue weighted by Crippen LogP contribution is -2.52. The number of piperidine rings is 1. The van der Waals surface area contributed by atoms with Gasteiger partial charge in [-0.1, -0.05) is 0 Å². The number of morpholine rings is 1. The molecule has 3 aliphatic rings. The van der Waals surface area contributed by atoms with Crippen molar-refractivity contribution in [3.8, 4) is 0 Å². The summed E-state index contributed by atoms with van der Waals surface area (Å²) in [5, 5.41) is 4.33. The Hall–Kier alpha value is -1.97. The highest BCUT2D eigenvalue weighted by Crippen LogP contribution is 2.36. The molecule has 166 valence electrons. The van der Waals surface area contributed by atoms with Crippen LogP contribution in [0.25, 0.3) is 0 Å². The molecule has 9 nitrogen and oxygen atoms in total. The second-order valence-electron chi connectivity index (χ2n) is 8.30. The van der Waals surface area contributed by atoms with Gasteiger partial charge in [0, 0.05) is 51.9 Å². The van der Waals surface area contributed by atoms with Gasteiger partial charge in [0.2, 0.25) is 5.91 Å². The van der Waals surface area contributed by atoms with Crippen LogP contribution >= 0.6 is 0 Å². The SMILES string of the molecule is CCn1ccc(C(=O)N2CCC3(CC2)CC(OCC(=O)N2CCOCC2)CCO3)n1. The number of aromatic nitrogens is 2. The van der Waals surface area contributed by atoms with Gasteiger partial charge in [0.15, 0.2) is 0 Å². The van der Waals surface area contributed by atoms with E-state index in [0.717, 1.165) is 32.2 Å². The van der Waals surface area contributed by atoms with E-state index in [9.17, 15) is 9.59 Å². The molecule has 0 N–H and O–H groups in total. The summed E-state index contributed by atoms with van der Waals surface area (Å²) in [4.78, 5) is 28.7. The molecule has 9 heteroatoms. The largest absolute Gasteiger partial charge is 0.378 e. The number of rotatable bonds is 5. The lowest BCUT2D eigenvalue weighted by atomic mass is 9.83. The van der Waals surface area contributed by atoms with E-state index in [1.165, 1.54) is 0 Å². The van der Waals surface area contributed by atoms with Gasteiger partial charge in [-0.3, -0.25) is 14.3 Å². The molecular weight excluding hydrogens is 388 g/mol. The maximum Gasteiger partial charge on any atom is 0.274 e. The highest BCUT2D eigenvalue weighted by atomic mass is 16.5. The highest BCUT2D eigenvalue weighted by Gasteiger charge is 2.42. The number of nitrogens with zero attached hydrogens (tertiary/aromatic N) is 4. The smallest absolute Gasteiger partial charge is 0.274 e. The molecule has 3 aliphatic heterocycles. The molecule has 1 aromatic heterocycles. The third-order valence-corrected chi connectivity index (χ3v) is 6.40. The fourth-order valence-corrected chi connectivity index (χ4v) is 4.50. The standard InChI is InChI=1S/C21H32N4O5/c1-2-25-7-3-18(22-25)20(27)24-8-5-21(6-9-24)15-17(4-12-30-21)29-16-19(26)23-10-13-28-14-11-23/h3,7,17H,2,4-6,8-16H2,1H3. The predicted octanol–water partition coefficient (Wildman–Crippen LogP) is 0.932. The van der Waals surface area contributed by atoms with Crippen molar-refractivity contribution < 1.29 is 23.8 Å². The Morgan fingerprint density at radius 2 is 1.93 bits per heavy atom. The minimum atomic E-state index is -0.259. The van der Waals surface area contributed by atoms with Crippen LogP contribution in [0.1, 0.15) is 43.1 Å². The zero-order chi connectivity index (χ0) is 21.0. The monoisotopic (exact) mass is 420 g/mol. The van der Waals surface area contributed by atoms with E-state index in [-0.39, 0.29) is 30.1 Å². The fraction of sp³-hybridized carbons (Fsp3) is 0.762. The summed E-state index contributed by atoms with van der Waals surface area (Å²) in [6.07, 6.45) is 5.00. The third kappa shape index (κ3) is 4.84. The molecule has 2 amide bonds. The molecule has 0 saturated carbocycles. The molecule has 30 heavy (non-hydrogen) atoms. The molecular formula is C21H32N4O5. The van der Waals surface area contributed by atoms with E-state index in [1.807, 2.05) is 22.9 Å². The average Bonchev–Trinajstić information content (AvgIpc) is 3.28. The number of carbonyl (C=O) groups excluding carboxylic acids is 2. The van der Waals surface area contributed by atoms with E-state index in [0.29, 0.717) is 51.7 Å². The first-order valence-corrected chi connectivity index (χ1v) is 11.0. The van der Waals surface area contributed by atoms with Crippen LogP contribution in [0, 0.1) is 0 Å². The summed E-state index contributed by atoms with van der Waals surface area (Å²) < 4.78 is 19.2. The number of amides is 2. The lowest BCUT2D eigenvalue weighted by molar-refractivity contribution is -0.163. The first-order chi connectivity index (χ1) is 14.6. The molecule has 0 aromatic carbocycles. The summed E-state index contributed by atoms with van der Waals surface area (Å²) in [7, 11) is 0. The zero-order valence-corrected chi connectivity index (χ0v) is 17.8. The molecule has 1 atom stereocenters. The Morgan fingerprint density at radius 1 is 1.17 bits per heavy atom. The number of hydrogen-bond donors (Lipinski definition) is 0. The topological polar surface area (TPSA) is 86.1 Å². The first kappa shape index (κ1) is 21.3. The number of likely N-dealkylation sites (tertiary alicyclic amines) is 1. The molecule has 1 aromatic rings. The van der Waals surface area contributed by atoms with Crippen LogP contribution in [-0.4, -0.2) is 95.7 Å². The normalized spacial score (nSPS) is 24.2. The van der Waals surface area contributed by atoms with Crippen molar-refractivity contribution >= 4 is 11.8 Å². The van der Waals surface area contributed by atoms with Gasteiger partial charge in [-0.05, 0) is 32.3 Å². The molecule has 4 heterocycles. The maximum atomic E-state index is 12.7. The second-order valence-corrected chi connectivity index (χ2v) is 8.30. The molecule has 1 unspecified atom stereocenters. The van der Waals surface area contributed by atoms with Gasteiger partial charge in [-0.15, -0.1) is 0 Å². The number of aryl methyl sites for hydroxylation is 1. The molecule has 4 rings (SSSR count). The van der Waals surface area contributed by atoms with E-state index < -0.39 is 0 Å². The molecule has 0 aliphatic carbocycles. The van der Waals surface area contributed by atoms with Crippen molar-refractivity contribution in [3.05, 3.63) is 18.0 Å². The quantitative estimate of drug-likeness (QED) is 0.705. The van der Waals surface area contributed by atoms with E-state index >= 15 is 0 Å². The van der Waals surface area contributed by atoms with Crippen molar-refractivity contribution in [3.63, 3.8) is 0 Å². The Kier molecular flexibility index (Phi) is 6.70. The van der Waals surface area contributed by atoms with Crippen molar-refractivity contribution in [2.24, 2.45) is 0 Å². The van der Waals surface area contributed by atoms with Gasteiger partial charge < -0.3 is 24.0 Å². The molecule has 0 bridgehead atoms. The van der Waals surface area contributed by atoms with Gasteiger partial charge in [-0.2, -0.15) is 5.10 Å². The van der Waals surface area contributed by atoms with Crippen molar-refractivity contribution in [1.29, 1.82) is 0 Å². The fourth-order valence-electron chi connectivity index (χ4n) is 4.50. The summed E-state index contributed by atoms with van der Waals surface area (Å²) in [5.41, 5.74) is 0.241. The summed E-state index contributed by atoms with van der Waals surface area (Å²) >= 11 is 0. The van der Waals surface area contributed by atoms with Crippen LogP contribution in [0.15, 0.2) is 12.3 Å². The van der Waals surface area contributed by atoms with Gasteiger partial charge in [0.05, 0.1) is 24.9 Å². The van der Waals surface area contributed by atoms with Crippen molar-refractivity contribution in [2.45, 2.75) is 50.9 Å². The van der Waals surface area contributed by atoms with Gasteiger partial charge in [0.25, 0.3) is 5.91 Å². The van der Waals surface area contributed by atoms with Crippen molar-refractivity contribution in [1.82, 2.24) is 19.6 Å². The summed E-state index contributed by atoms with van der Waals surface area (Å²) in [5.74, 6) is 0.0162. The predicted molar refractivity (Wildman–Crippen MR) is 108 cm³/mol. The molecule has 0 radical (unpaired) electrons. The van der Waals surface area contributed by atoms with Gasteiger partial charge in [0.1, 0.15) is 12.3 Å². The van der Waals surface area contributed by atoms with Crippen LogP contribution in [0.4, 0.5) is 0 Å². The minimum Gasteiger partial charge on any atom is -0.378 e. The zero-order valence-electron chi connectivity index (χ0n) is 17.8. The van der Waals surface area contributed by atoms with Crippen LogP contribution in [0.3, 0.4) is 0 Å². The van der Waals surface area contributed by atoms with E-state index in [4.69, 9.17) is 14.2 Å². The van der Waals surface area contributed by atoms with Crippen LogP contribution < -0.4 is 0 Å². The van der Waals surface area contributed by atoms with E-state index in [1.54, 1.807) is 10.7 Å². The number of ether oxygens (including phenoxy) is 3. The van der Waals surface area contributed by atoms with Crippen LogP contribution in [0.2, 0.25) is 0 Å². The summed E-state index contributed by atoms with van der Waals surface area (Å²) in [6.45, 7) is 7.27.